The van der Waals surface area contributed by atoms with E-state index in [-0.39, 0.29) is 29.2 Å². The van der Waals surface area contributed by atoms with Gasteiger partial charge >= 0.3 is 0 Å². The maximum absolute atomic E-state index is 12.6. The average molecular weight is 332 g/mol. The number of piperidine rings is 1. The van der Waals surface area contributed by atoms with Gasteiger partial charge in [-0.15, -0.1) is 0 Å². The highest BCUT2D eigenvalue weighted by Gasteiger charge is 2.33. The van der Waals surface area contributed by atoms with Crippen LogP contribution in [-0.2, 0) is 16.0 Å². The Hall–Kier alpha value is -1.78. The first kappa shape index (κ1) is 17.1. The Morgan fingerprint density at radius 1 is 1.21 bits per heavy atom. The van der Waals surface area contributed by atoms with Crippen molar-refractivity contribution >= 4 is 11.8 Å². The van der Waals surface area contributed by atoms with Crippen LogP contribution < -0.4 is 5.32 Å². The van der Waals surface area contributed by atoms with Gasteiger partial charge in [-0.3, -0.25) is 9.59 Å². The Morgan fingerprint density at radius 2 is 1.92 bits per heavy atom. The highest BCUT2D eigenvalue weighted by atomic mass is 16.3. The third-order valence-electron chi connectivity index (χ3n) is 5.16. The van der Waals surface area contributed by atoms with E-state index in [0.29, 0.717) is 13.1 Å². The van der Waals surface area contributed by atoms with Crippen LogP contribution in [0.2, 0.25) is 0 Å². The van der Waals surface area contributed by atoms with Gasteiger partial charge < -0.3 is 14.6 Å². The fraction of sp³-hybridized carbons (Fsp3) is 0.684. The zero-order chi connectivity index (χ0) is 17.3. The summed E-state index contributed by atoms with van der Waals surface area (Å²) < 4.78 is 5.49. The lowest BCUT2D eigenvalue weighted by Gasteiger charge is -2.35. The molecule has 1 unspecified atom stereocenters. The quantitative estimate of drug-likeness (QED) is 0.905. The van der Waals surface area contributed by atoms with Crippen molar-refractivity contribution in [3.8, 4) is 0 Å². The van der Waals surface area contributed by atoms with Gasteiger partial charge in [0.15, 0.2) is 0 Å². The average Bonchev–Trinajstić information content (AvgIpc) is 3.03. The van der Waals surface area contributed by atoms with Crippen LogP contribution in [-0.4, -0.2) is 29.8 Å². The molecule has 1 aromatic rings. The normalized spacial score (nSPS) is 22.1. The summed E-state index contributed by atoms with van der Waals surface area (Å²) in [6.07, 6.45) is 6.19. The van der Waals surface area contributed by atoms with Crippen LogP contribution in [0.1, 0.15) is 63.8 Å². The first-order chi connectivity index (χ1) is 11.4. The maximum atomic E-state index is 12.6. The van der Waals surface area contributed by atoms with Crippen molar-refractivity contribution in [2.75, 3.05) is 13.1 Å². The molecule has 2 aliphatic rings. The van der Waals surface area contributed by atoms with E-state index in [2.05, 4.69) is 5.32 Å². The van der Waals surface area contributed by atoms with Crippen molar-refractivity contribution in [3.05, 3.63) is 23.7 Å². The van der Waals surface area contributed by atoms with Crippen LogP contribution in [0, 0.1) is 11.3 Å². The lowest BCUT2D eigenvalue weighted by molar-refractivity contribution is -0.142. The lowest BCUT2D eigenvalue weighted by Crippen LogP contribution is -2.47. The summed E-state index contributed by atoms with van der Waals surface area (Å²) in [5.74, 6) is 1.32. The second-order valence-electron chi connectivity index (χ2n) is 8.07. The molecule has 1 atom stereocenters. The predicted octanol–water partition coefficient (Wildman–Crippen LogP) is 3.06. The van der Waals surface area contributed by atoms with Crippen LogP contribution >= 0.6 is 0 Å². The molecule has 0 aromatic carbocycles. The van der Waals surface area contributed by atoms with Crippen molar-refractivity contribution < 1.29 is 14.0 Å². The Bertz CT molecular complexity index is 606. The summed E-state index contributed by atoms with van der Waals surface area (Å²) >= 11 is 0. The fourth-order valence-corrected chi connectivity index (χ4v) is 3.75. The van der Waals surface area contributed by atoms with Crippen molar-refractivity contribution in [1.82, 2.24) is 10.2 Å². The van der Waals surface area contributed by atoms with Gasteiger partial charge in [-0.05, 0) is 31.7 Å². The SMILES string of the molecule is CC(C)(C)C(=O)N1CCC(C(=O)NC2CCCc3occc32)CC1. The van der Waals surface area contributed by atoms with E-state index in [1.807, 2.05) is 31.7 Å². The molecule has 24 heavy (non-hydrogen) atoms. The summed E-state index contributed by atoms with van der Waals surface area (Å²) in [4.78, 5) is 26.9. The number of rotatable bonds is 2. The predicted molar refractivity (Wildman–Crippen MR) is 91.3 cm³/mol. The molecule has 3 rings (SSSR count). The summed E-state index contributed by atoms with van der Waals surface area (Å²) in [6.45, 7) is 7.19. The zero-order valence-electron chi connectivity index (χ0n) is 14.9. The molecule has 0 saturated carbocycles. The maximum Gasteiger partial charge on any atom is 0.227 e. The number of hydrogen-bond donors (Lipinski definition) is 1. The second-order valence-corrected chi connectivity index (χ2v) is 8.07. The minimum atomic E-state index is -0.352. The van der Waals surface area contributed by atoms with Crippen LogP contribution in [0.15, 0.2) is 16.7 Å². The van der Waals surface area contributed by atoms with Gasteiger partial charge in [0.2, 0.25) is 11.8 Å². The van der Waals surface area contributed by atoms with E-state index in [1.54, 1.807) is 6.26 Å². The van der Waals surface area contributed by atoms with Gasteiger partial charge in [-0.25, -0.2) is 0 Å². The van der Waals surface area contributed by atoms with Gasteiger partial charge in [0.1, 0.15) is 5.76 Å². The summed E-state index contributed by atoms with van der Waals surface area (Å²) in [6, 6.07) is 2.05. The number of amides is 2. The van der Waals surface area contributed by atoms with Gasteiger partial charge in [-0.2, -0.15) is 0 Å². The van der Waals surface area contributed by atoms with Crippen LogP contribution in [0.4, 0.5) is 0 Å². The highest BCUT2D eigenvalue weighted by molar-refractivity contribution is 5.83. The molecule has 1 aliphatic carbocycles. The summed E-state index contributed by atoms with van der Waals surface area (Å²) in [7, 11) is 0. The smallest absolute Gasteiger partial charge is 0.227 e. The van der Waals surface area contributed by atoms with Gasteiger partial charge in [-0.1, -0.05) is 20.8 Å². The lowest BCUT2D eigenvalue weighted by atomic mass is 9.89. The minimum absolute atomic E-state index is 0.00583. The summed E-state index contributed by atoms with van der Waals surface area (Å²) in [5, 5.41) is 3.20. The van der Waals surface area contributed by atoms with E-state index in [9.17, 15) is 9.59 Å². The highest BCUT2D eigenvalue weighted by Crippen LogP contribution is 2.31. The van der Waals surface area contributed by atoms with Crippen molar-refractivity contribution in [1.29, 1.82) is 0 Å². The van der Waals surface area contributed by atoms with E-state index in [1.165, 1.54) is 0 Å². The Morgan fingerprint density at radius 3 is 2.58 bits per heavy atom. The molecular weight excluding hydrogens is 304 g/mol. The van der Waals surface area contributed by atoms with Crippen LogP contribution in [0.5, 0.6) is 0 Å². The third-order valence-corrected chi connectivity index (χ3v) is 5.16. The Kier molecular flexibility index (Phi) is 4.70. The molecule has 0 spiro atoms. The zero-order valence-corrected chi connectivity index (χ0v) is 14.9. The number of fused-ring (bicyclic) bond motifs is 1. The topological polar surface area (TPSA) is 62.6 Å². The molecule has 0 radical (unpaired) electrons. The number of nitrogens with zero attached hydrogens (tertiary/aromatic N) is 1. The Balaban J connectivity index is 1.54. The first-order valence-electron chi connectivity index (χ1n) is 9.02. The van der Waals surface area contributed by atoms with E-state index in [0.717, 1.165) is 43.4 Å². The largest absolute Gasteiger partial charge is 0.469 e. The number of likely N-dealkylation sites (tertiary alicyclic amines) is 1. The van der Waals surface area contributed by atoms with Gasteiger partial charge in [0.05, 0.1) is 12.3 Å². The minimum Gasteiger partial charge on any atom is -0.469 e. The number of aryl methyl sites for hydroxylation is 1. The van der Waals surface area contributed by atoms with Crippen molar-refractivity contribution in [2.24, 2.45) is 11.3 Å². The van der Waals surface area contributed by atoms with E-state index in [4.69, 9.17) is 4.42 Å². The third kappa shape index (κ3) is 3.50. The summed E-state index contributed by atoms with van der Waals surface area (Å²) in [5.41, 5.74) is 0.782. The molecule has 5 heteroatoms. The molecular formula is C19H28N2O3. The standard InChI is InChI=1S/C19H28N2O3/c1-19(2,3)18(23)21-10-7-13(8-11-21)17(22)20-15-5-4-6-16-14(15)9-12-24-16/h9,12-13,15H,4-8,10-11H2,1-3H3,(H,20,22). The van der Waals surface area contributed by atoms with Gasteiger partial charge in [0.25, 0.3) is 0 Å². The van der Waals surface area contributed by atoms with Crippen molar-refractivity contribution in [2.45, 2.75) is 58.9 Å². The Labute approximate surface area is 143 Å². The molecule has 1 saturated heterocycles. The molecule has 2 heterocycles. The van der Waals surface area contributed by atoms with Gasteiger partial charge in [0, 0.05) is 36.4 Å². The monoisotopic (exact) mass is 332 g/mol. The molecule has 1 fully saturated rings. The number of carbonyl (C=O) groups is 2. The number of carbonyl (C=O) groups excluding carboxylic acids is 2. The van der Waals surface area contributed by atoms with Crippen molar-refractivity contribution in [3.63, 3.8) is 0 Å². The molecule has 1 aliphatic heterocycles. The molecule has 2 amide bonds. The molecule has 5 nitrogen and oxygen atoms in total. The van der Waals surface area contributed by atoms with Crippen LogP contribution in [0.25, 0.3) is 0 Å². The molecule has 132 valence electrons. The number of nitrogens with one attached hydrogen (secondary N) is 1. The molecule has 1 N–H and O–H groups in total. The fourth-order valence-electron chi connectivity index (χ4n) is 3.75. The molecule has 0 bridgehead atoms. The first-order valence-corrected chi connectivity index (χ1v) is 9.02. The number of hydrogen-bond acceptors (Lipinski definition) is 3. The second kappa shape index (κ2) is 6.61. The number of furan rings is 1. The van der Waals surface area contributed by atoms with Crippen LogP contribution in [0.3, 0.4) is 0 Å². The van der Waals surface area contributed by atoms with E-state index < -0.39 is 0 Å². The van der Waals surface area contributed by atoms with E-state index >= 15 is 0 Å². The molecule has 1 aromatic heterocycles.